The van der Waals surface area contributed by atoms with Crippen molar-refractivity contribution >= 4 is 21.8 Å². The molecule has 0 bridgehead atoms. The van der Waals surface area contributed by atoms with Crippen LogP contribution in [0.4, 0.5) is 0 Å². The summed E-state index contributed by atoms with van der Waals surface area (Å²) < 4.78 is 24.7. The van der Waals surface area contributed by atoms with Crippen molar-refractivity contribution in [1.82, 2.24) is 9.62 Å². The number of rotatable bonds is 4. The van der Waals surface area contributed by atoms with Gasteiger partial charge in [-0.15, -0.1) is 0 Å². The van der Waals surface area contributed by atoms with Crippen LogP contribution in [0.1, 0.15) is 25.7 Å². The van der Waals surface area contributed by atoms with E-state index in [0.717, 1.165) is 19.4 Å². The Hall–Kier alpha value is 0.220. The van der Waals surface area contributed by atoms with Crippen LogP contribution in [0.5, 0.6) is 0 Å². The van der Waals surface area contributed by atoms with E-state index in [1.165, 1.54) is 30.6 Å². The van der Waals surface area contributed by atoms with Crippen molar-refractivity contribution in [3.05, 3.63) is 0 Å². The van der Waals surface area contributed by atoms with Gasteiger partial charge in [-0.1, -0.05) is 0 Å². The molecule has 4 nitrogen and oxygen atoms in total. The highest BCUT2D eigenvalue weighted by atomic mass is 32.2. The third-order valence-electron chi connectivity index (χ3n) is 3.87. The van der Waals surface area contributed by atoms with E-state index in [1.54, 1.807) is 4.31 Å². The van der Waals surface area contributed by atoms with Crippen LogP contribution < -0.4 is 5.32 Å². The Morgan fingerprint density at radius 1 is 1.28 bits per heavy atom. The molecule has 2 aliphatic rings. The molecule has 2 aliphatic heterocycles. The second-order valence-corrected chi connectivity index (χ2v) is 8.63. The summed E-state index contributed by atoms with van der Waals surface area (Å²) in [4.78, 5) is 0. The molecule has 2 rings (SSSR count). The average Bonchev–Trinajstić information content (AvgIpc) is 2.37. The van der Waals surface area contributed by atoms with Crippen molar-refractivity contribution < 1.29 is 8.42 Å². The van der Waals surface area contributed by atoms with E-state index in [9.17, 15) is 8.42 Å². The minimum absolute atomic E-state index is 0.489. The smallest absolute Gasteiger partial charge is 0.211 e. The number of piperidine rings is 1. The van der Waals surface area contributed by atoms with Gasteiger partial charge in [-0.2, -0.15) is 11.8 Å². The van der Waals surface area contributed by atoms with E-state index in [2.05, 4.69) is 5.32 Å². The van der Waals surface area contributed by atoms with Gasteiger partial charge < -0.3 is 5.32 Å². The topological polar surface area (TPSA) is 49.4 Å². The number of sulfonamides is 1. The molecule has 0 aromatic rings. The number of thioether (sulfide) groups is 1. The first-order valence-corrected chi connectivity index (χ1v) is 9.82. The van der Waals surface area contributed by atoms with Crippen molar-refractivity contribution in [2.24, 2.45) is 5.92 Å². The van der Waals surface area contributed by atoms with E-state index in [-0.39, 0.29) is 0 Å². The van der Waals surface area contributed by atoms with Gasteiger partial charge in [0.05, 0.1) is 6.26 Å². The average molecular weight is 292 g/mol. The molecule has 2 saturated heterocycles. The van der Waals surface area contributed by atoms with E-state index >= 15 is 0 Å². The first-order chi connectivity index (χ1) is 8.55. The lowest BCUT2D eigenvalue weighted by Gasteiger charge is -2.32. The first-order valence-electron chi connectivity index (χ1n) is 6.82. The van der Waals surface area contributed by atoms with Crippen molar-refractivity contribution in [2.45, 2.75) is 31.7 Å². The Bertz CT molecular complexity index is 353. The molecular formula is C12H24N2O2S2. The molecular weight excluding hydrogens is 268 g/mol. The number of hydrogen-bond donors (Lipinski definition) is 1. The Labute approximate surface area is 115 Å². The zero-order valence-corrected chi connectivity index (χ0v) is 12.7. The van der Waals surface area contributed by atoms with Gasteiger partial charge in [-0.3, -0.25) is 0 Å². The van der Waals surface area contributed by atoms with Crippen LogP contribution in [-0.2, 0) is 10.0 Å². The van der Waals surface area contributed by atoms with Gasteiger partial charge in [0, 0.05) is 19.1 Å². The highest BCUT2D eigenvalue weighted by molar-refractivity contribution is 7.99. The molecule has 106 valence electrons. The summed E-state index contributed by atoms with van der Waals surface area (Å²) in [6.07, 6.45) is 5.99. The maximum absolute atomic E-state index is 11.5. The van der Waals surface area contributed by atoms with Crippen molar-refractivity contribution in [1.29, 1.82) is 0 Å². The molecule has 0 spiro atoms. The Balaban J connectivity index is 1.75. The zero-order chi connectivity index (χ0) is 13.0. The van der Waals surface area contributed by atoms with Gasteiger partial charge in [0.2, 0.25) is 10.0 Å². The highest BCUT2D eigenvalue weighted by Gasteiger charge is 2.26. The molecule has 2 fully saturated rings. The fourth-order valence-corrected chi connectivity index (χ4v) is 4.78. The van der Waals surface area contributed by atoms with Crippen molar-refractivity contribution in [3.63, 3.8) is 0 Å². The van der Waals surface area contributed by atoms with Gasteiger partial charge >= 0.3 is 0 Å². The number of hydrogen-bond acceptors (Lipinski definition) is 4. The summed E-state index contributed by atoms with van der Waals surface area (Å²) in [5, 5.41) is 3.63. The first kappa shape index (κ1) is 14.6. The van der Waals surface area contributed by atoms with Crippen LogP contribution in [0.25, 0.3) is 0 Å². The predicted octanol–water partition coefficient (Wildman–Crippen LogP) is 1.14. The zero-order valence-electron chi connectivity index (χ0n) is 11.1. The molecule has 0 aromatic carbocycles. The maximum atomic E-state index is 11.5. The molecule has 18 heavy (non-hydrogen) atoms. The Morgan fingerprint density at radius 3 is 2.67 bits per heavy atom. The molecule has 1 atom stereocenters. The highest BCUT2D eigenvalue weighted by Crippen LogP contribution is 2.20. The minimum atomic E-state index is -3.00. The van der Waals surface area contributed by atoms with Crippen molar-refractivity contribution in [2.75, 3.05) is 37.4 Å². The number of nitrogens with zero attached hydrogens (tertiary/aromatic N) is 1. The lowest BCUT2D eigenvalue weighted by molar-refractivity contribution is 0.253. The van der Waals surface area contributed by atoms with Crippen LogP contribution in [0.15, 0.2) is 0 Å². The van der Waals surface area contributed by atoms with Gasteiger partial charge in [-0.05, 0) is 49.7 Å². The van der Waals surface area contributed by atoms with Gasteiger partial charge in [0.25, 0.3) is 0 Å². The third-order valence-corrected chi connectivity index (χ3v) is 6.19. The van der Waals surface area contributed by atoms with Gasteiger partial charge in [-0.25, -0.2) is 12.7 Å². The summed E-state index contributed by atoms with van der Waals surface area (Å²) in [5.41, 5.74) is 0. The van der Waals surface area contributed by atoms with E-state index in [4.69, 9.17) is 0 Å². The standard InChI is InChI=1S/C12H24N2O2S2/c1-18(15,16)14-6-2-3-11(10-14)9-13-12-4-7-17-8-5-12/h11-13H,2-10H2,1H3. The quantitative estimate of drug-likeness (QED) is 0.844. The second-order valence-electron chi connectivity index (χ2n) is 5.42. The molecule has 0 radical (unpaired) electrons. The molecule has 0 saturated carbocycles. The van der Waals surface area contributed by atoms with Crippen LogP contribution in [0.2, 0.25) is 0 Å². The lowest BCUT2D eigenvalue weighted by atomic mass is 9.99. The summed E-state index contributed by atoms with van der Waals surface area (Å²) in [6, 6.07) is 0.653. The molecule has 0 amide bonds. The molecule has 2 heterocycles. The second kappa shape index (κ2) is 6.59. The van der Waals surface area contributed by atoms with Crippen molar-refractivity contribution in [3.8, 4) is 0 Å². The SMILES string of the molecule is CS(=O)(=O)N1CCCC(CNC2CCSCC2)C1. The van der Waals surface area contributed by atoms with Gasteiger partial charge in [0.1, 0.15) is 0 Å². The van der Waals surface area contributed by atoms with Gasteiger partial charge in [0.15, 0.2) is 0 Å². The summed E-state index contributed by atoms with van der Waals surface area (Å²) in [6.45, 7) is 2.38. The monoisotopic (exact) mass is 292 g/mol. The molecule has 0 aliphatic carbocycles. The fourth-order valence-electron chi connectivity index (χ4n) is 2.73. The molecule has 6 heteroatoms. The summed E-state index contributed by atoms with van der Waals surface area (Å²) in [5.74, 6) is 3.01. The van der Waals surface area contributed by atoms with Crippen LogP contribution >= 0.6 is 11.8 Å². The largest absolute Gasteiger partial charge is 0.314 e. The third kappa shape index (κ3) is 4.40. The molecule has 1 N–H and O–H groups in total. The maximum Gasteiger partial charge on any atom is 0.211 e. The fraction of sp³-hybridized carbons (Fsp3) is 1.00. The summed E-state index contributed by atoms with van der Waals surface area (Å²) in [7, 11) is -3.00. The predicted molar refractivity (Wildman–Crippen MR) is 77.5 cm³/mol. The lowest BCUT2D eigenvalue weighted by Crippen LogP contribution is -2.44. The van der Waals surface area contributed by atoms with Crippen LogP contribution in [-0.4, -0.2) is 56.2 Å². The minimum Gasteiger partial charge on any atom is -0.314 e. The number of nitrogens with one attached hydrogen (secondary N) is 1. The van der Waals surface area contributed by atoms with Crippen LogP contribution in [0.3, 0.4) is 0 Å². The Kier molecular flexibility index (Phi) is 5.35. The summed E-state index contributed by atoms with van der Waals surface area (Å²) >= 11 is 2.04. The molecule has 1 unspecified atom stereocenters. The van der Waals surface area contributed by atoms with E-state index in [1.807, 2.05) is 11.8 Å². The van der Waals surface area contributed by atoms with E-state index in [0.29, 0.717) is 25.0 Å². The molecule has 0 aromatic heterocycles. The Morgan fingerprint density at radius 2 is 2.00 bits per heavy atom. The van der Waals surface area contributed by atoms with Crippen LogP contribution in [0, 0.1) is 5.92 Å². The normalized spacial score (nSPS) is 28.4. The van der Waals surface area contributed by atoms with E-state index < -0.39 is 10.0 Å².